The predicted octanol–water partition coefficient (Wildman–Crippen LogP) is 8.09. The van der Waals surface area contributed by atoms with E-state index >= 15 is 0 Å². The third-order valence-electron chi connectivity index (χ3n) is 15.0. The number of hydrogen-bond donors (Lipinski definition) is 1. The molecule has 1 aromatic carbocycles. The van der Waals surface area contributed by atoms with Crippen LogP contribution in [0.1, 0.15) is 118 Å². The second-order valence-electron chi connectivity index (χ2n) is 16.9. The minimum Gasteiger partial charge on any atom is -0.462 e. The average Bonchev–Trinajstić information content (AvgIpc) is 3.35. The Kier molecular flexibility index (Phi) is 7.67. The van der Waals surface area contributed by atoms with Gasteiger partial charge in [0.2, 0.25) is 0 Å². The maximum Gasteiger partial charge on any atom is 0.312 e. The number of rotatable bonds is 5. The Morgan fingerprint density at radius 3 is 2.26 bits per heavy atom. The molecule has 5 aliphatic rings. The lowest BCUT2D eigenvalue weighted by Crippen LogP contribution is -2.67. The molecule has 2 N–H and O–H groups in total. The van der Waals surface area contributed by atoms with Crippen LogP contribution < -0.4 is 5.73 Å². The molecule has 0 bridgehead atoms. The van der Waals surface area contributed by atoms with Crippen LogP contribution in [0.5, 0.6) is 0 Å². The Labute approximate surface area is 260 Å². The smallest absolute Gasteiger partial charge is 0.312 e. The standard InChI is InChI=1S/C38H57NO4/c1-24(39)27-15-20-38(33(41)42-23-26-11-9-8-10-12-26)22-21-36(6)28(32(27)38)13-14-30-35(5)18-17-31(43-25(2)40)34(3,4)29(35)16-19-37(30,36)7/h8-12,24,27-32H,13-23,39H2,1-7H3/t24-,27-,28+,29-,30+,31-,32+,35-,36+,37+,38-/m0/s1. The van der Waals surface area contributed by atoms with Crippen molar-refractivity contribution in [3.63, 3.8) is 0 Å². The van der Waals surface area contributed by atoms with Gasteiger partial charge in [0.25, 0.3) is 0 Å². The molecule has 238 valence electrons. The van der Waals surface area contributed by atoms with Gasteiger partial charge in [-0.15, -0.1) is 0 Å². The summed E-state index contributed by atoms with van der Waals surface area (Å²) in [6.07, 6.45) is 10.8. The average molecular weight is 592 g/mol. The predicted molar refractivity (Wildman–Crippen MR) is 170 cm³/mol. The highest BCUT2D eigenvalue weighted by molar-refractivity contribution is 5.78. The van der Waals surface area contributed by atoms with Gasteiger partial charge in [0, 0.05) is 18.4 Å². The molecule has 6 rings (SSSR count). The van der Waals surface area contributed by atoms with Crippen molar-refractivity contribution in [2.24, 2.45) is 62.4 Å². The van der Waals surface area contributed by atoms with E-state index in [4.69, 9.17) is 15.2 Å². The minimum absolute atomic E-state index is 0.00170. The molecule has 5 nitrogen and oxygen atoms in total. The Balaban J connectivity index is 1.31. The van der Waals surface area contributed by atoms with E-state index in [1.54, 1.807) is 6.92 Å². The molecule has 0 heterocycles. The molecule has 5 saturated carbocycles. The van der Waals surface area contributed by atoms with Crippen LogP contribution in [0, 0.1) is 56.7 Å². The van der Waals surface area contributed by atoms with Gasteiger partial charge in [-0.2, -0.15) is 0 Å². The third-order valence-corrected chi connectivity index (χ3v) is 15.0. The first-order valence-electron chi connectivity index (χ1n) is 17.3. The van der Waals surface area contributed by atoms with Crippen molar-refractivity contribution in [3.05, 3.63) is 35.9 Å². The van der Waals surface area contributed by atoms with E-state index < -0.39 is 5.41 Å². The van der Waals surface area contributed by atoms with Gasteiger partial charge in [-0.3, -0.25) is 9.59 Å². The van der Waals surface area contributed by atoms with Gasteiger partial charge in [-0.1, -0.05) is 65.0 Å². The molecule has 5 aliphatic carbocycles. The Morgan fingerprint density at radius 1 is 0.860 bits per heavy atom. The molecule has 43 heavy (non-hydrogen) atoms. The summed E-state index contributed by atoms with van der Waals surface area (Å²) in [5.74, 6) is 2.17. The number of hydrogen-bond acceptors (Lipinski definition) is 5. The van der Waals surface area contributed by atoms with Crippen molar-refractivity contribution < 1.29 is 19.1 Å². The highest BCUT2D eigenvalue weighted by Crippen LogP contribution is 2.77. The lowest BCUT2D eigenvalue weighted by atomic mass is 9.32. The summed E-state index contributed by atoms with van der Waals surface area (Å²) in [5.41, 5.74) is 7.95. The summed E-state index contributed by atoms with van der Waals surface area (Å²) < 4.78 is 12.1. The zero-order valence-corrected chi connectivity index (χ0v) is 27.9. The van der Waals surface area contributed by atoms with Gasteiger partial charge < -0.3 is 15.2 Å². The van der Waals surface area contributed by atoms with E-state index in [0.29, 0.717) is 30.3 Å². The summed E-state index contributed by atoms with van der Waals surface area (Å²) >= 11 is 0. The topological polar surface area (TPSA) is 78.6 Å². The maximum atomic E-state index is 14.2. The van der Waals surface area contributed by atoms with E-state index in [0.717, 1.165) is 44.1 Å². The van der Waals surface area contributed by atoms with E-state index in [1.165, 1.54) is 25.7 Å². The molecule has 0 aromatic heterocycles. The second kappa shape index (κ2) is 10.6. The first-order chi connectivity index (χ1) is 20.2. The van der Waals surface area contributed by atoms with Crippen molar-refractivity contribution in [1.29, 1.82) is 0 Å². The molecule has 0 aliphatic heterocycles. The SMILES string of the molecule is CC(=O)O[C@H]1CC[C@]2(C)[C@H]3CC[C@@H]4[C@H]5[C@H]([C@H](C)N)CC[C@]5(C(=O)OCc5ccccc5)CC[C@@]4(C)[C@]3(C)CC[C@H]2C1(C)C. The minimum atomic E-state index is -0.411. The third kappa shape index (κ3) is 4.48. The van der Waals surface area contributed by atoms with Crippen LogP contribution in [0.25, 0.3) is 0 Å². The largest absolute Gasteiger partial charge is 0.462 e. The Hall–Kier alpha value is -1.88. The molecular formula is C38H57NO4. The van der Waals surface area contributed by atoms with E-state index in [-0.39, 0.29) is 51.7 Å². The molecule has 0 amide bonds. The van der Waals surface area contributed by atoms with Crippen molar-refractivity contribution >= 4 is 11.9 Å². The van der Waals surface area contributed by atoms with Gasteiger partial charge in [0.05, 0.1) is 5.41 Å². The number of nitrogens with two attached hydrogens (primary N) is 1. The molecule has 5 heteroatoms. The summed E-state index contributed by atoms with van der Waals surface area (Å²) in [6.45, 7) is 16.6. The lowest BCUT2D eigenvalue weighted by molar-refractivity contribution is -0.251. The molecule has 0 unspecified atom stereocenters. The highest BCUT2D eigenvalue weighted by atomic mass is 16.5. The lowest BCUT2D eigenvalue weighted by Gasteiger charge is -2.72. The van der Waals surface area contributed by atoms with Crippen LogP contribution in [0.3, 0.4) is 0 Å². The van der Waals surface area contributed by atoms with Crippen molar-refractivity contribution in [1.82, 2.24) is 0 Å². The fraction of sp³-hybridized carbons (Fsp3) is 0.789. The number of fused-ring (bicyclic) bond motifs is 7. The maximum absolute atomic E-state index is 14.2. The van der Waals surface area contributed by atoms with Gasteiger partial charge in [0.1, 0.15) is 12.7 Å². The number of esters is 2. The van der Waals surface area contributed by atoms with Crippen LogP contribution >= 0.6 is 0 Å². The monoisotopic (exact) mass is 591 g/mol. The zero-order valence-electron chi connectivity index (χ0n) is 27.9. The van der Waals surface area contributed by atoms with E-state index in [2.05, 4.69) is 41.5 Å². The fourth-order valence-electron chi connectivity index (χ4n) is 12.8. The number of carbonyl (C=O) groups is 2. The van der Waals surface area contributed by atoms with E-state index in [9.17, 15) is 9.59 Å². The Bertz CT molecular complexity index is 1230. The Morgan fingerprint density at radius 2 is 1.58 bits per heavy atom. The van der Waals surface area contributed by atoms with Crippen LogP contribution in [-0.4, -0.2) is 24.1 Å². The molecule has 11 atom stereocenters. The number of carbonyl (C=O) groups excluding carboxylic acids is 2. The van der Waals surface area contributed by atoms with Gasteiger partial charge in [-0.05, 0) is 123 Å². The van der Waals surface area contributed by atoms with Gasteiger partial charge in [-0.25, -0.2) is 0 Å². The molecule has 0 spiro atoms. The van der Waals surface area contributed by atoms with Gasteiger partial charge >= 0.3 is 11.9 Å². The molecule has 5 fully saturated rings. The molecule has 1 aromatic rings. The first-order valence-corrected chi connectivity index (χ1v) is 17.3. The molecule has 0 saturated heterocycles. The van der Waals surface area contributed by atoms with Crippen molar-refractivity contribution in [2.75, 3.05) is 0 Å². The van der Waals surface area contributed by atoms with E-state index in [1.807, 2.05) is 30.3 Å². The normalized spacial score (nSPS) is 45.5. The number of ether oxygens (including phenoxy) is 2. The van der Waals surface area contributed by atoms with Crippen LogP contribution in [-0.2, 0) is 25.7 Å². The summed E-state index contributed by atoms with van der Waals surface area (Å²) in [5, 5.41) is 0. The quantitative estimate of drug-likeness (QED) is 0.350. The fourth-order valence-corrected chi connectivity index (χ4v) is 12.8. The molecular weight excluding hydrogens is 534 g/mol. The summed E-state index contributed by atoms with van der Waals surface area (Å²) in [7, 11) is 0. The van der Waals surface area contributed by atoms with Crippen LogP contribution in [0.2, 0.25) is 0 Å². The highest BCUT2D eigenvalue weighted by Gasteiger charge is 2.72. The summed E-state index contributed by atoms with van der Waals surface area (Å²) in [4.78, 5) is 26.2. The molecule has 0 radical (unpaired) electrons. The zero-order chi connectivity index (χ0) is 31.0. The van der Waals surface area contributed by atoms with Gasteiger partial charge in [0.15, 0.2) is 0 Å². The first kappa shape index (κ1) is 31.1. The summed E-state index contributed by atoms with van der Waals surface area (Å²) in [6, 6.07) is 10.2. The second-order valence-corrected chi connectivity index (χ2v) is 16.9. The van der Waals surface area contributed by atoms with Crippen molar-refractivity contribution in [2.45, 2.75) is 131 Å². The van der Waals surface area contributed by atoms with Crippen LogP contribution in [0.4, 0.5) is 0 Å². The van der Waals surface area contributed by atoms with Crippen molar-refractivity contribution in [3.8, 4) is 0 Å². The number of benzene rings is 1. The van der Waals surface area contributed by atoms with Crippen LogP contribution in [0.15, 0.2) is 30.3 Å².